The van der Waals surface area contributed by atoms with E-state index in [1.807, 2.05) is 0 Å². The summed E-state index contributed by atoms with van der Waals surface area (Å²) in [5, 5.41) is 2.47. The van der Waals surface area contributed by atoms with Crippen LogP contribution in [0.4, 0.5) is 5.69 Å². The molecule has 10 nitrogen and oxygen atoms in total. The summed E-state index contributed by atoms with van der Waals surface area (Å²) >= 11 is 0. The SMILES string of the molecule is O=C(CNC(=O)c1ccc(N2CCCC2=O)cc1)NNC(=O)[C@@H]1COc2ccccc2O1. The molecule has 4 amide bonds. The van der Waals surface area contributed by atoms with Crippen molar-refractivity contribution >= 4 is 29.3 Å². The second-order valence-corrected chi connectivity index (χ2v) is 7.28. The molecule has 0 saturated carbocycles. The van der Waals surface area contributed by atoms with Gasteiger partial charge in [-0.3, -0.25) is 30.0 Å². The van der Waals surface area contributed by atoms with Gasteiger partial charge in [-0.05, 0) is 42.8 Å². The quantitative estimate of drug-likeness (QED) is 0.585. The molecule has 0 aliphatic carbocycles. The van der Waals surface area contributed by atoms with Crippen molar-refractivity contribution in [2.45, 2.75) is 18.9 Å². The molecular weight excluding hydrogens is 416 g/mol. The Bertz CT molecular complexity index is 1040. The van der Waals surface area contributed by atoms with Crippen molar-refractivity contribution in [2.75, 3.05) is 24.6 Å². The van der Waals surface area contributed by atoms with Crippen LogP contribution in [-0.4, -0.2) is 49.4 Å². The van der Waals surface area contributed by atoms with Crippen molar-refractivity contribution in [1.82, 2.24) is 16.2 Å². The molecule has 32 heavy (non-hydrogen) atoms. The highest BCUT2D eigenvalue weighted by Gasteiger charge is 2.27. The Morgan fingerprint density at radius 1 is 1.00 bits per heavy atom. The van der Waals surface area contributed by atoms with Gasteiger partial charge in [-0.25, -0.2) is 0 Å². The summed E-state index contributed by atoms with van der Waals surface area (Å²) in [4.78, 5) is 49.9. The first kappa shape index (κ1) is 21.2. The maximum absolute atomic E-state index is 12.3. The first-order valence-electron chi connectivity index (χ1n) is 10.2. The predicted molar refractivity (Wildman–Crippen MR) is 113 cm³/mol. The molecule has 3 N–H and O–H groups in total. The highest BCUT2D eigenvalue weighted by Crippen LogP contribution is 2.30. The molecule has 0 bridgehead atoms. The number of carbonyl (C=O) groups is 4. The van der Waals surface area contributed by atoms with Gasteiger partial charge in [-0.1, -0.05) is 12.1 Å². The normalized spacial score (nSPS) is 16.9. The molecule has 1 fully saturated rings. The van der Waals surface area contributed by atoms with Crippen LogP contribution < -0.4 is 30.5 Å². The Morgan fingerprint density at radius 3 is 2.47 bits per heavy atom. The van der Waals surface area contributed by atoms with E-state index in [2.05, 4.69) is 16.2 Å². The van der Waals surface area contributed by atoms with Gasteiger partial charge in [0, 0.05) is 24.2 Å². The number of rotatable bonds is 5. The van der Waals surface area contributed by atoms with E-state index in [4.69, 9.17) is 9.47 Å². The lowest BCUT2D eigenvalue weighted by molar-refractivity contribution is -0.134. The number of para-hydroxylation sites is 2. The molecule has 2 aromatic carbocycles. The minimum absolute atomic E-state index is 0.00841. The average molecular weight is 438 g/mol. The van der Waals surface area contributed by atoms with Crippen molar-refractivity contribution < 1.29 is 28.7 Å². The number of nitrogens with one attached hydrogen (secondary N) is 3. The summed E-state index contributed by atoms with van der Waals surface area (Å²) in [6.45, 7) is 0.339. The molecule has 10 heteroatoms. The largest absolute Gasteiger partial charge is 0.485 e. The van der Waals surface area contributed by atoms with E-state index < -0.39 is 23.8 Å². The molecule has 0 unspecified atom stereocenters. The van der Waals surface area contributed by atoms with Crippen molar-refractivity contribution in [2.24, 2.45) is 0 Å². The molecule has 2 heterocycles. The van der Waals surface area contributed by atoms with Gasteiger partial charge < -0.3 is 19.7 Å². The first-order valence-corrected chi connectivity index (χ1v) is 10.2. The maximum atomic E-state index is 12.3. The van der Waals surface area contributed by atoms with Gasteiger partial charge in [-0.15, -0.1) is 0 Å². The predicted octanol–water partition coefficient (Wildman–Crippen LogP) is 0.531. The molecule has 2 aliphatic rings. The lowest BCUT2D eigenvalue weighted by Gasteiger charge is -2.25. The average Bonchev–Trinajstić information content (AvgIpc) is 3.26. The van der Waals surface area contributed by atoms with Crippen molar-refractivity contribution in [1.29, 1.82) is 0 Å². The van der Waals surface area contributed by atoms with Crippen molar-refractivity contribution in [3.05, 3.63) is 54.1 Å². The summed E-state index contributed by atoms with van der Waals surface area (Å²) < 4.78 is 11.0. The molecule has 0 spiro atoms. The van der Waals surface area contributed by atoms with Gasteiger partial charge in [-0.2, -0.15) is 0 Å². The number of anilines is 1. The first-order chi connectivity index (χ1) is 15.5. The van der Waals surface area contributed by atoms with Crippen molar-refractivity contribution in [3.63, 3.8) is 0 Å². The topological polar surface area (TPSA) is 126 Å². The van der Waals surface area contributed by atoms with E-state index in [0.29, 0.717) is 30.0 Å². The number of nitrogens with zero attached hydrogens (tertiary/aromatic N) is 1. The fraction of sp³-hybridized carbons (Fsp3) is 0.273. The Morgan fingerprint density at radius 2 is 1.75 bits per heavy atom. The van der Waals surface area contributed by atoms with Crippen LogP contribution in [0.25, 0.3) is 0 Å². The van der Waals surface area contributed by atoms with E-state index in [0.717, 1.165) is 12.1 Å². The molecule has 1 atom stereocenters. The molecule has 2 aliphatic heterocycles. The van der Waals surface area contributed by atoms with E-state index >= 15 is 0 Å². The number of benzene rings is 2. The summed E-state index contributed by atoms with van der Waals surface area (Å²) in [6, 6.07) is 13.5. The number of carbonyl (C=O) groups excluding carboxylic acids is 4. The van der Waals surface area contributed by atoms with E-state index in [1.165, 1.54) is 0 Å². The number of ether oxygens (including phenoxy) is 2. The number of hydrogen-bond acceptors (Lipinski definition) is 6. The van der Waals surface area contributed by atoms with Crippen LogP contribution in [-0.2, 0) is 14.4 Å². The summed E-state index contributed by atoms with van der Waals surface area (Å²) in [5.74, 6) is -0.586. The van der Waals surface area contributed by atoms with Crippen LogP contribution in [0.15, 0.2) is 48.5 Å². The smallest absolute Gasteiger partial charge is 0.283 e. The van der Waals surface area contributed by atoms with Crippen LogP contribution in [0.5, 0.6) is 11.5 Å². The number of amides is 4. The molecule has 4 rings (SSSR count). The van der Waals surface area contributed by atoms with Gasteiger partial charge >= 0.3 is 0 Å². The monoisotopic (exact) mass is 438 g/mol. The lowest BCUT2D eigenvalue weighted by Crippen LogP contribution is -2.52. The van der Waals surface area contributed by atoms with Crippen LogP contribution in [0.1, 0.15) is 23.2 Å². The van der Waals surface area contributed by atoms with Gasteiger partial charge in [0.2, 0.25) is 12.0 Å². The fourth-order valence-electron chi connectivity index (χ4n) is 3.38. The Labute approximate surface area is 183 Å². The third kappa shape index (κ3) is 4.80. The molecule has 0 radical (unpaired) electrons. The molecular formula is C22H22N4O6. The minimum Gasteiger partial charge on any atom is -0.485 e. The van der Waals surface area contributed by atoms with E-state index in [-0.39, 0.29) is 19.1 Å². The second kappa shape index (κ2) is 9.38. The van der Waals surface area contributed by atoms with Gasteiger partial charge in [0.25, 0.3) is 17.7 Å². The van der Waals surface area contributed by atoms with Gasteiger partial charge in [0.1, 0.15) is 6.61 Å². The standard InChI is InChI=1S/C22H22N4O6/c27-19(24-25-22(30)18-13-31-16-4-1-2-5-17(16)32-18)12-23-21(29)14-7-9-15(10-8-14)26-11-3-6-20(26)28/h1-2,4-5,7-10,18H,3,6,11-13H2,(H,23,29)(H,24,27)(H,25,30)/t18-/m0/s1. The lowest BCUT2D eigenvalue weighted by atomic mass is 10.2. The van der Waals surface area contributed by atoms with E-state index in [1.54, 1.807) is 53.4 Å². The molecule has 1 saturated heterocycles. The Kier molecular flexibility index (Phi) is 6.20. The van der Waals surface area contributed by atoms with Crippen molar-refractivity contribution in [3.8, 4) is 11.5 Å². The zero-order valence-electron chi connectivity index (χ0n) is 17.1. The Balaban J connectivity index is 1.20. The summed E-state index contributed by atoms with van der Waals surface area (Å²) in [5.41, 5.74) is 5.57. The highest BCUT2D eigenvalue weighted by atomic mass is 16.6. The number of fused-ring (bicyclic) bond motifs is 1. The third-order valence-corrected chi connectivity index (χ3v) is 5.05. The van der Waals surface area contributed by atoms with Gasteiger partial charge in [0.05, 0.1) is 6.54 Å². The van der Waals surface area contributed by atoms with Gasteiger partial charge in [0.15, 0.2) is 11.5 Å². The van der Waals surface area contributed by atoms with Crippen LogP contribution in [0.3, 0.4) is 0 Å². The molecule has 166 valence electrons. The van der Waals surface area contributed by atoms with Crippen LogP contribution >= 0.6 is 0 Å². The minimum atomic E-state index is -0.916. The number of hydrogen-bond donors (Lipinski definition) is 3. The molecule has 0 aromatic heterocycles. The third-order valence-electron chi connectivity index (χ3n) is 5.05. The summed E-state index contributed by atoms with van der Waals surface area (Å²) in [7, 11) is 0. The number of hydrazine groups is 1. The fourth-order valence-corrected chi connectivity index (χ4v) is 3.38. The van der Waals surface area contributed by atoms with Crippen LogP contribution in [0, 0.1) is 0 Å². The molecule has 2 aromatic rings. The summed E-state index contributed by atoms with van der Waals surface area (Å²) in [6.07, 6.45) is 0.432. The zero-order valence-corrected chi connectivity index (χ0v) is 17.1. The van der Waals surface area contributed by atoms with Crippen LogP contribution in [0.2, 0.25) is 0 Å². The highest BCUT2D eigenvalue weighted by molar-refractivity contribution is 5.98. The zero-order chi connectivity index (χ0) is 22.5. The Hall–Kier alpha value is -4.08. The van der Waals surface area contributed by atoms with E-state index in [9.17, 15) is 19.2 Å². The second-order valence-electron chi connectivity index (χ2n) is 7.28. The maximum Gasteiger partial charge on any atom is 0.283 e.